The first kappa shape index (κ1) is 15.0. The van der Waals surface area contributed by atoms with Crippen molar-refractivity contribution in [1.29, 1.82) is 0 Å². The molecule has 1 aliphatic rings. The highest BCUT2D eigenvalue weighted by molar-refractivity contribution is 6.30. The van der Waals surface area contributed by atoms with Crippen molar-refractivity contribution in [2.75, 3.05) is 5.73 Å². The minimum atomic E-state index is -0.434. The van der Waals surface area contributed by atoms with Crippen LogP contribution in [0.2, 0.25) is 0 Å². The van der Waals surface area contributed by atoms with Crippen molar-refractivity contribution in [2.24, 2.45) is 0 Å². The lowest BCUT2D eigenvalue weighted by molar-refractivity contribution is 0.0976. The number of phenols is 1. The summed E-state index contributed by atoms with van der Waals surface area (Å²) in [7, 11) is 0. The monoisotopic (exact) mass is 331 g/mol. The third-order valence-corrected chi connectivity index (χ3v) is 4.16. The van der Waals surface area contributed by atoms with Gasteiger partial charge in [0.15, 0.2) is 23.1 Å². The summed E-state index contributed by atoms with van der Waals surface area (Å²) in [5.41, 5.74) is 6.42. The normalized spacial score (nSPS) is 12.5. The van der Waals surface area contributed by atoms with Gasteiger partial charge in [-0.2, -0.15) is 0 Å². The molecule has 0 unspecified atom stereocenters. The molecule has 25 heavy (non-hydrogen) atoms. The molecule has 0 atom stereocenters. The van der Waals surface area contributed by atoms with Crippen LogP contribution in [0.15, 0.2) is 60.7 Å². The first-order chi connectivity index (χ1) is 12.1. The van der Waals surface area contributed by atoms with Gasteiger partial charge in [0.25, 0.3) is 0 Å². The summed E-state index contributed by atoms with van der Waals surface area (Å²) in [6.45, 7) is 0. The van der Waals surface area contributed by atoms with E-state index in [1.54, 1.807) is 48.5 Å². The van der Waals surface area contributed by atoms with Crippen LogP contribution in [0.1, 0.15) is 31.8 Å². The first-order valence-corrected chi connectivity index (χ1v) is 7.64. The molecule has 0 saturated carbocycles. The van der Waals surface area contributed by atoms with Crippen molar-refractivity contribution < 1.29 is 19.4 Å². The number of nitrogens with two attached hydrogens (primary N) is 1. The lowest BCUT2D eigenvalue weighted by Crippen LogP contribution is -2.21. The summed E-state index contributed by atoms with van der Waals surface area (Å²) in [5, 5.41) is 10.4. The molecule has 0 aliphatic heterocycles. The Hall–Kier alpha value is -3.60. The average molecular weight is 331 g/mol. The van der Waals surface area contributed by atoms with Gasteiger partial charge >= 0.3 is 0 Å². The van der Waals surface area contributed by atoms with Crippen molar-refractivity contribution in [3.05, 3.63) is 82.9 Å². The van der Waals surface area contributed by atoms with Gasteiger partial charge in [-0.25, -0.2) is 0 Å². The zero-order valence-corrected chi connectivity index (χ0v) is 13.0. The number of nitrogen functional groups attached to an aromatic ring is 1. The highest BCUT2D eigenvalue weighted by Gasteiger charge is 2.34. The fourth-order valence-electron chi connectivity index (χ4n) is 2.93. The van der Waals surface area contributed by atoms with Crippen molar-refractivity contribution in [3.8, 4) is 17.2 Å². The van der Waals surface area contributed by atoms with Crippen LogP contribution < -0.4 is 10.5 Å². The number of para-hydroxylation sites is 1. The molecule has 0 amide bonds. The summed E-state index contributed by atoms with van der Waals surface area (Å²) < 4.78 is 5.68. The van der Waals surface area contributed by atoms with E-state index in [2.05, 4.69) is 0 Å². The standard InChI is InChI=1S/C20H13NO4/c21-17-15(25-11-6-2-1-3-7-11)10-14-16(20(17)24)19(23)13-9-5-4-8-12(13)18(14)22/h1-10,24H,21H2. The van der Waals surface area contributed by atoms with Crippen molar-refractivity contribution in [3.63, 3.8) is 0 Å². The van der Waals surface area contributed by atoms with E-state index in [-0.39, 0.29) is 33.9 Å². The molecule has 0 spiro atoms. The van der Waals surface area contributed by atoms with Crippen LogP contribution in [0, 0.1) is 0 Å². The molecule has 3 N–H and O–H groups in total. The number of ketones is 2. The van der Waals surface area contributed by atoms with E-state index in [0.717, 1.165) is 0 Å². The Morgan fingerprint density at radius 1 is 0.800 bits per heavy atom. The van der Waals surface area contributed by atoms with Crippen molar-refractivity contribution >= 4 is 17.3 Å². The Morgan fingerprint density at radius 3 is 2.08 bits per heavy atom. The van der Waals surface area contributed by atoms with Crippen molar-refractivity contribution in [1.82, 2.24) is 0 Å². The summed E-state index contributed by atoms with van der Waals surface area (Å²) in [6.07, 6.45) is 0. The van der Waals surface area contributed by atoms with E-state index in [9.17, 15) is 14.7 Å². The number of fused-ring (bicyclic) bond motifs is 2. The predicted octanol–water partition coefficient (Wildman–Crippen LogP) is 3.54. The molecule has 3 aromatic carbocycles. The molecule has 0 bridgehead atoms. The molecule has 122 valence electrons. The van der Waals surface area contributed by atoms with Gasteiger partial charge in [0.2, 0.25) is 0 Å². The fourth-order valence-corrected chi connectivity index (χ4v) is 2.93. The molecule has 0 saturated heterocycles. The maximum atomic E-state index is 12.8. The van der Waals surface area contributed by atoms with Gasteiger partial charge in [-0.05, 0) is 18.2 Å². The highest BCUT2D eigenvalue weighted by atomic mass is 16.5. The molecule has 0 radical (unpaired) electrons. The second-order valence-corrected chi connectivity index (χ2v) is 5.68. The van der Waals surface area contributed by atoms with Gasteiger partial charge in [0.1, 0.15) is 11.4 Å². The molecule has 4 rings (SSSR count). The van der Waals surface area contributed by atoms with Crippen LogP contribution in [-0.4, -0.2) is 16.7 Å². The number of phenolic OH excluding ortho intramolecular Hbond substituents is 1. The minimum Gasteiger partial charge on any atom is -0.505 e. The van der Waals surface area contributed by atoms with Crippen LogP contribution in [0.5, 0.6) is 17.2 Å². The molecule has 5 heteroatoms. The van der Waals surface area contributed by atoms with E-state index in [0.29, 0.717) is 11.3 Å². The highest BCUT2D eigenvalue weighted by Crippen LogP contribution is 2.42. The van der Waals surface area contributed by atoms with Gasteiger partial charge in [-0.3, -0.25) is 9.59 Å². The Bertz CT molecular complexity index is 1030. The van der Waals surface area contributed by atoms with Crippen molar-refractivity contribution in [2.45, 2.75) is 0 Å². The Balaban J connectivity index is 1.89. The number of carbonyl (C=O) groups excluding carboxylic acids is 2. The molecular weight excluding hydrogens is 318 g/mol. The summed E-state index contributed by atoms with van der Waals surface area (Å²) in [4.78, 5) is 25.4. The maximum absolute atomic E-state index is 12.8. The first-order valence-electron chi connectivity index (χ1n) is 7.64. The Kier molecular flexibility index (Phi) is 3.28. The number of anilines is 1. The van der Waals surface area contributed by atoms with Gasteiger partial charge in [0, 0.05) is 16.7 Å². The van der Waals surface area contributed by atoms with Crippen LogP contribution in [-0.2, 0) is 0 Å². The van der Waals surface area contributed by atoms with E-state index < -0.39 is 11.5 Å². The van der Waals surface area contributed by atoms with Gasteiger partial charge in [0.05, 0.1) is 5.56 Å². The smallest absolute Gasteiger partial charge is 0.198 e. The number of aromatic hydroxyl groups is 1. The van der Waals surface area contributed by atoms with Gasteiger partial charge < -0.3 is 15.6 Å². The molecule has 0 heterocycles. The van der Waals surface area contributed by atoms with Gasteiger partial charge in [-0.15, -0.1) is 0 Å². The maximum Gasteiger partial charge on any atom is 0.198 e. The fraction of sp³-hybridized carbons (Fsp3) is 0. The van der Waals surface area contributed by atoms with E-state index in [4.69, 9.17) is 10.5 Å². The Labute approximate surface area is 143 Å². The number of hydrogen-bond donors (Lipinski definition) is 2. The lowest BCUT2D eigenvalue weighted by Gasteiger charge is -2.21. The molecule has 3 aromatic rings. The quantitative estimate of drug-likeness (QED) is 0.433. The molecule has 1 aliphatic carbocycles. The second kappa shape index (κ2) is 5.49. The number of hydrogen-bond acceptors (Lipinski definition) is 5. The average Bonchev–Trinajstić information content (AvgIpc) is 2.64. The van der Waals surface area contributed by atoms with Crippen LogP contribution in [0.3, 0.4) is 0 Å². The molecule has 0 fully saturated rings. The zero-order chi connectivity index (χ0) is 17.6. The van der Waals surface area contributed by atoms with E-state index in [1.807, 2.05) is 6.07 Å². The zero-order valence-electron chi connectivity index (χ0n) is 13.0. The SMILES string of the molecule is Nc1c(Oc2ccccc2)cc2c(c1O)C(=O)c1ccccc1C2=O. The summed E-state index contributed by atoms with van der Waals surface area (Å²) >= 11 is 0. The number of rotatable bonds is 2. The van der Waals surface area contributed by atoms with Crippen LogP contribution >= 0.6 is 0 Å². The summed E-state index contributed by atoms with van der Waals surface area (Å²) in [6, 6.07) is 16.8. The number of benzene rings is 3. The van der Waals surface area contributed by atoms with E-state index >= 15 is 0 Å². The topological polar surface area (TPSA) is 89.6 Å². The van der Waals surface area contributed by atoms with Crippen LogP contribution in [0.4, 0.5) is 5.69 Å². The summed E-state index contributed by atoms with van der Waals surface area (Å²) in [5.74, 6) is -0.582. The number of carbonyl (C=O) groups is 2. The number of ether oxygens (including phenoxy) is 1. The predicted molar refractivity (Wildman–Crippen MR) is 92.3 cm³/mol. The third-order valence-electron chi connectivity index (χ3n) is 4.16. The molecular formula is C20H13NO4. The van der Waals surface area contributed by atoms with E-state index in [1.165, 1.54) is 6.07 Å². The third kappa shape index (κ3) is 2.25. The largest absolute Gasteiger partial charge is 0.505 e. The molecule has 0 aromatic heterocycles. The lowest BCUT2D eigenvalue weighted by atomic mass is 9.83. The molecule has 5 nitrogen and oxygen atoms in total. The minimum absolute atomic E-state index is 0.0804. The second-order valence-electron chi connectivity index (χ2n) is 5.68. The Morgan fingerprint density at radius 2 is 1.40 bits per heavy atom. The van der Waals surface area contributed by atoms with Crippen LogP contribution in [0.25, 0.3) is 0 Å². The van der Waals surface area contributed by atoms with Gasteiger partial charge in [-0.1, -0.05) is 42.5 Å².